The van der Waals surface area contributed by atoms with Gasteiger partial charge in [-0.25, -0.2) is 18.0 Å². The highest BCUT2D eigenvalue weighted by atomic mass is 19.3. The molecule has 1 N–H and O–H groups in total. The van der Waals surface area contributed by atoms with E-state index in [1.165, 1.54) is 0 Å². The highest BCUT2D eigenvalue weighted by Gasteiger charge is 2.13. The fourth-order valence-electron chi connectivity index (χ4n) is 1.08. The molecule has 0 bridgehead atoms. The van der Waals surface area contributed by atoms with Crippen molar-refractivity contribution >= 4 is 11.8 Å². The first-order valence-electron chi connectivity index (χ1n) is 4.99. The number of carbonyl (C=O) groups is 1. The van der Waals surface area contributed by atoms with Gasteiger partial charge in [-0.05, 0) is 12.1 Å². The molecule has 1 amide bonds. The van der Waals surface area contributed by atoms with E-state index in [4.69, 9.17) is 0 Å². The molecule has 0 radical (unpaired) electrons. The molecule has 1 aromatic rings. The molecule has 0 saturated heterocycles. The lowest BCUT2D eigenvalue weighted by molar-refractivity contribution is 0.159. The van der Waals surface area contributed by atoms with Crippen LogP contribution in [0.5, 0.6) is 0 Å². The Balaban J connectivity index is 2.51. The van der Waals surface area contributed by atoms with Crippen molar-refractivity contribution in [2.24, 2.45) is 0 Å². The van der Waals surface area contributed by atoms with Crippen molar-refractivity contribution in [1.29, 1.82) is 0 Å². The molecule has 0 unspecified atom stereocenters. The third kappa shape index (κ3) is 4.57. The highest BCUT2D eigenvalue weighted by Crippen LogP contribution is 2.18. The Kier molecular flexibility index (Phi) is 5.28. The number of halogens is 5. The number of rotatable bonds is 4. The summed E-state index contributed by atoms with van der Waals surface area (Å²) in [7, 11) is 0. The Morgan fingerprint density at radius 1 is 1.16 bits per heavy atom. The molecule has 3 nitrogen and oxygen atoms in total. The van der Waals surface area contributed by atoms with Gasteiger partial charge in [0.2, 0.25) is 0 Å². The van der Waals surface area contributed by atoms with E-state index in [0.717, 1.165) is 18.2 Å². The maximum Gasteiger partial charge on any atom is 0.411 e. The largest absolute Gasteiger partial charge is 0.449 e. The van der Waals surface area contributed by atoms with Gasteiger partial charge in [0.25, 0.3) is 0 Å². The first kappa shape index (κ1) is 14.9. The van der Waals surface area contributed by atoms with Crippen molar-refractivity contribution in [2.45, 2.75) is 6.42 Å². The summed E-state index contributed by atoms with van der Waals surface area (Å²) in [5.41, 5.74) is -0.736. The molecule has 0 fully saturated rings. The van der Waals surface area contributed by atoms with Crippen molar-refractivity contribution in [3.63, 3.8) is 0 Å². The van der Waals surface area contributed by atoms with Crippen molar-refractivity contribution < 1.29 is 31.5 Å². The highest BCUT2D eigenvalue weighted by molar-refractivity contribution is 5.84. The van der Waals surface area contributed by atoms with Crippen LogP contribution in [0, 0.1) is 11.6 Å². The van der Waals surface area contributed by atoms with E-state index >= 15 is 0 Å². The fourth-order valence-corrected chi connectivity index (χ4v) is 1.08. The van der Waals surface area contributed by atoms with Crippen LogP contribution in [0.1, 0.15) is 6.42 Å². The quantitative estimate of drug-likeness (QED) is 0.848. The lowest BCUT2D eigenvalue weighted by atomic mass is 10.3. The lowest BCUT2D eigenvalue weighted by Gasteiger charge is -2.07. The molecule has 0 aliphatic carbocycles. The van der Waals surface area contributed by atoms with Crippen LogP contribution < -0.4 is 5.32 Å². The first-order valence-corrected chi connectivity index (χ1v) is 4.99. The second-order valence-electron chi connectivity index (χ2n) is 3.27. The summed E-state index contributed by atoms with van der Waals surface area (Å²) in [6.07, 6.45) is -4.62. The first-order chi connectivity index (χ1) is 8.91. The number of carbonyl (C=O) groups excluding carboxylic acids is 1. The molecule has 0 spiro atoms. The maximum atomic E-state index is 13.1. The molecule has 0 aromatic heterocycles. The van der Waals surface area contributed by atoms with Gasteiger partial charge in [0.05, 0.1) is 6.61 Å². The number of para-hydroxylation sites is 1. The second kappa shape index (κ2) is 6.72. The minimum absolute atomic E-state index is 0.689. The molecular weight excluding hydrogens is 273 g/mol. The van der Waals surface area contributed by atoms with Gasteiger partial charge in [0, 0.05) is 6.42 Å². The molecule has 1 rings (SSSR count). The summed E-state index contributed by atoms with van der Waals surface area (Å²) >= 11 is 0. The van der Waals surface area contributed by atoms with Crippen LogP contribution in [0.15, 0.2) is 30.1 Å². The molecule has 0 aliphatic heterocycles. The standard InChI is InChI=1S/C11H8F5NO2/c12-6-2-1-3-7(13)9(6)17-11(18)19-5-4-8(14)10(15)16/h1-3H,4-5H2,(H,17,18). The Bertz CT molecular complexity index is 480. The van der Waals surface area contributed by atoms with Crippen molar-refractivity contribution in [3.05, 3.63) is 41.7 Å². The van der Waals surface area contributed by atoms with Crippen LogP contribution in [0.4, 0.5) is 32.4 Å². The molecule has 0 atom stereocenters. The average molecular weight is 281 g/mol. The molecule has 1 aromatic carbocycles. The zero-order valence-electron chi connectivity index (χ0n) is 9.35. The van der Waals surface area contributed by atoms with Crippen LogP contribution in [-0.2, 0) is 4.74 Å². The summed E-state index contributed by atoms with van der Waals surface area (Å²) in [5.74, 6) is -3.78. The van der Waals surface area contributed by atoms with Gasteiger partial charge < -0.3 is 4.74 Å². The van der Waals surface area contributed by atoms with E-state index < -0.39 is 48.4 Å². The van der Waals surface area contributed by atoms with Crippen molar-refractivity contribution in [1.82, 2.24) is 0 Å². The Morgan fingerprint density at radius 3 is 2.26 bits per heavy atom. The van der Waals surface area contributed by atoms with Gasteiger partial charge in [-0.15, -0.1) is 0 Å². The smallest absolute Gasteiger partial charge is 0.411 e. The third-order valence-corrected chi connectivity index (χ3v) is 1.95. The second-order valence-corrected chi connectivity index (χ2v) is 3.27. The van der Waals surface area contributed by atoms with Gasteiger partial charge in [0.15, 0.2) is 5.83 Å². The normalized spacial score (nSPS) is 9.95. The van der Waals surface area contributed by atoms with Crippen molar-refractivity contribution in [2.75, 3.05) is 11.9 Å². The number of anilines is 1. The number of nitrogens with one attached hydrogen (secondary N) is 1. The van der Waals surface area contributed by atoms with Crippen LogP contribution in [0.2, 0.25) is 0 Å². The fraction of sp³-hybridized carbons (Fsp3) is 0.182. The number of ether oxygens (including phenoxy) is 1. The SMILES string of the molecule is O=C(Nc1c(F)cccc1F)OCCC(F)=C(F)F. The Hall–Kier alpha value is -2.12. The van der Waals surface area contributed by atoms with Gasteiger partial charge in [0.1, 0.15) is 17.3 Å². The molecular formula is C11H8F5NO2. The van der Waals surface area contributed by atoms with Crippen LogP contribution in [0.3, 0.4) is 0 Å². The Morgan fingerprint density at radius 2 is 1.74 bits per heavy atom. The summed E-state index contributed by atoms with van der Waals surface area (Å²) in [5, 5.41) is 1.74. The lowest BCUT2D eigenvalue weighted by Crippen LogP contribution is -2.16. The molecule has 104 valence electrons. The van der Waals surface area contributed by atoms with Crippen molar-refractivity contribution in [3.8, 4) is 0 Å². The maximum absolute atomic E-state index is 13.1. The number of hydrogen-bond donors (Lipinski definition) is 1. The van der Waals surface area contributed by atoms with Gasteiger partial charge in [-0.3, -0.25) is 5.32 Å². The van der Waals surface area contributed by atoms with E-state index in [2.05, 4.69) is 4.74 Å². The van der Waals surface area contributed by atoms with E-state index in [9.17, 15) is 26.7 Å². The zero-order chi connectivity index (χ0) is 14.4. The molecule has 0 heterocycles. The predicted molar refractivity (Wildman–Crippen MR) is 56.3 cm³/mol. The van der Waals surface area contributed by atoms with Gasteiger partial charge in [-0.1, -0.05) is 6.07 Å². The van der Waals surface area contributed by atoms with Crippen LogP contribution in [0.25, 0.3) is 0 Å². The molecule has 8 heteroatoms. The summed E-state index contributed by atoms with van der Waals surface area (Å²) in [6.45, 7) is -0.689. The monoisotopic (exact) mass is 281 g/mol. The topological polar surface area (TPSA) is 38.3 Å². The minimum Gasteiger partial charge on any atom is -0.449 e. The molecule has 0 aliphatic rings. The summed E-state index contributed by atoms with van der Waals surface area (Å²) in [6, 6.07) is 2.89. The average Bonchev–Trinajstić information content (AvgIpc) is 2.33. The number of amides is 1. The third-order valence-electron chi connectivity index (χ3n) is 1.95. The zero-order valence-corrected chi connectivity index (χ0v) is 9.35. The Labute approximate surface area is 104 Å². The predicted octanol–water partition coefficient (Wildman–Crippen LogP) is 3.98. The van der Waals surface area contributed by atoms with Crippen LogP contribution in [-0.4, -0.2) is 12.7 Å². The summed E-state index contributed by atoms with van der Waals surface area (Å²) in [4.78, 5) is 11.1. The molecule has 19 heavy (non-hydrogen) atoms. The van der Waals surface area contributed by atoms with E-state index in [1.54, 1.807) is 5.32 Å². The molecule has 0 saturated carbocycles. The van der Waals surface area contributed by atoms with Gasteiger partial charge in [-0.2, -0.15) is 8.78 Å². The van der Waals surface area contributed by atoms with Crippen LogP contribution >= 0.6 is 0 Å². The van der Waals surface area contributed by atoms with Gasteiger partial charge >= 0.3 is 12.2 Å². The van der Waals surface area contributed by atoms with E-state index in [1.807, 2.05) is 0 Å². The number of benzene rings is 1. The summed E-state index contributed by atoms with van der Waals surface area (Å²) < 4.78 is 66.1. The minimum atomic E-state index is -2.51. The number of hydrogen-bond acceptors (Lipinski definition) is 2. The van der Waals surface area contributed by atoms with E-state index in [-0.39, 0.29) is 0 Å². The van der Waals surface area contributed by atoms with E-state index in [0.29, 0.717) is 0 Å².